The van der Waals surface area contributed by atoms with Crippen molar-refractivity contribution in [3.05, 3.63) is 52.2 Å². The predicted octanol–water partition coefficient (Wildman–Crippen LogP) is 4.18. The van der Waals surface area contributed by atoms with Gasteiger partial charge in [-0.1, -0.05) is 49.0 Å². The van der Waals surface area contributed by atoms with E-state index in [4.69, 9.17) is 0 Å². The van der Waals surface area contributed by atoms with Gasteiger partial charge in [-0.25, -0.2) is 0 Å². The van der Waals surface area contributed by atoms with Gasteiger partial charge in [-0.15, -0.1) is 21.5 Å². The van der Waals surface area contributed by atoms with Crippen LogP contribution in [0.1, 0.15) is 23.8 Å². The second kappa shape index (κ2) is 9.71. The van der Waals surface area contributed by atoms with Crippen LogP contribution < -0.4 is 5.32 Å². The molecule has 0 atom stereocenters. The first-order chi connectivity index (χ1) is 13.2. The van der Waals surface area contributed by atoms with Crippen LogP contribution in [-0.2, 0) is 17.8 Å². The lowest BCUT2D eigenvalue weighted by Gasteiger charge is -2.08. The molecule has 0 spiro atoms. The minimum Gasteiger partial charge on any atom is -0.355 e. The zero-order valence-electron chi connectivity index (χ0n) is 15.6. The third-order valence-corrected chi connectivity index (χ3v) is 5.89. The van der Waals surface area contributed by atoms with E-state index in [1.165, 1.54) is 22.2 Å². The number of thiophene rings is 1. The molecule has 1 aromatic carbocycles. The van der Waals surface area contributed by atoms with E-state index in [1.54, 1.807) is 11.3 Å². The highest BCUT2D eigenvalue weighted by Crippen LogP contribution is 2.27. The van der Waals surface area contributed by atoms with Crippen LogP contribution in [-0.4, -0.2) is 33.0 Å². The Balaban J connectivity index is 1.55. The molecule has 0 fully saturated rings. The Bertz CT molecular complexity index is 873. The number of nitrogens with zero attached hydrogens (tertiary/aromatic N) is 3. The van der Waals surface area contributed by atoms with Gasteiger partial charge < -0.3 is 9.88 Å². The summed E-state index contributed by atoms with van der Waals surface area (Å²) in [4.78, 5) is 13.4. The SMILES string of the molecule is CCCn1c(SCC(=O)NCCc2ccccc2)nnc1-c1csc(C)c1. The molecule has 3 rings (SSSR count). The van der Waals surface area contributed by atoms with Gasteiger partial charge in [-0.2, -0.15) is 0 Å². The maximum Gasteiger partial charge on any atom is 0.230 e. The molecule has 2 aromatic heterocycles. The number of hydrogen-bond acceptors (Lipinski definition) is 5. The number of carbonyl (C=O) groups excluding carboxylic acids is 1. The number of aryl methyl sites for hydroxylation is 1. The van der Waals surface area contributed by atoms with E-state index in [1.807, 2.05) is 18.2 Å². The highest BCUT2D eigenvalue weighted by Gasteiger charge is 2.16. The van der Waals surface area contributed by atoms with E-state index in [-0.39, 0.29) is 5.91 Å². The van der Waals surface area contributed by atoms with Gasteiger partial charge in [0.15, 0.2) is 11.0 Å². The van der Waals surface area contributed by atoms with E-state index < -0.39 is 0 Å². The first kappa shape index (κ1) is 19.6. The molecule has 0 saturated heterocycles. The van der Waals surface area contributed by atoms with Crippen molar-refractivity contribution in [1.29, 1.82) is 0 Å². The second-order valence-electron chi connectivity index (χ2n) is 6.28. The molecule has 142 valence electrons. The minimum absolute atomic E-state index is 0.0231. The Morgan fingerprint density at radius 1 is 1.26 bits per heavy atom. The fourth-order valence-corrected chi connectivity index (χ4v) is 4.24. The number of rotatable bonds is 9. The lowest BCUT2D eigenvalue weighted by Crippen LogP contribution is -2.27. The van der Waals surface area contributed by atoms with Crippen LogP contribution in [0.5, 0.6) is 0 Å². The van der Waals surface area contributed by atoms with Gasteiger partial charge in [-0.05, 0) is 31.4 Å². The first-order valence-electron chi connectivity index (χ1n) is 9.09. The molecule has 0 unspecified atom stereocenters. The van der Waals surface area contributed by atoms with Crippen LogP contribution in [0.25, 0.3) is 11.4 Å². The molecule has 0 aliphatic heterocycles. The quantitative estimate of drug-likeness (QED) is 0.548. The topological polar surface area (TPSA) is 59.8 Å². The average Bonchev–Trinajstić information content (AvgIpc) is 3.27. The van der Waals surface area contributed by atoms with Gasteiger partial charge in [0.25, 0.3) is 0 Å². The summed E-state index contributed by atoms with van der Waals surface area (Å²) in [5.41, 5.74) is 2.32. The molecule has 27 heavy (non-hydrogen) atoms. The molecule has 1 amide bonds. The van der Waals surface area contributed by atoms with Crippen molar-refractivity contribution in [3.8, 4) is 11.4 Å². The minimum atomic E-state index is 0.0231. The summed E-state index contributed by atoms with van der Waals surface area (Å²) in [6.07, 6.45) is 1.83. The maximum absolute atomic E-state index is 12.2. The first-order valence-corrected chi connectivity index (χ1v) is 11.0. The molecule has 0 saturated carbocycles. The molecule has 0 aliphatic rings. The molecule has 7 heteroatoms. The van der Waals surface area contributed by atoms with Gasteiger partial charge >= 0.3 is 0 Å². The highest BCUT2D eigenvalue weighted by molar-refractivity contribution is 7.99. The zero-order chi connectivity index (χ0) is 19.1. The Morgan fingerprint density at radius 2 is 2.07 bits per heavy atom. The Labute approximate surface area is 168 Å². The van der Waals surface area contributed by atoms with Gasteiger partial charge in [0, 0.05) is 28.9 Å². The molecule has 0 bridgehead atoms. The number of amides is 1. The average molecular weight is 401 g/mol. The summed E-state index contributed by atoms with van der Waals surface area (Å²) in [5.74, 6) is 1.25. The van der Waals surface area contributed by atoms with Crippen molar-refractivity contribution in [2.24, 2.45) is 0 Å². The van der Waals surface area contributed by atoms with Crippen molar-refractivity contribution in [3.63, 3.8) is 0 Å². The number of thioether (sulfide) groups is 1. The third kappa shape index (κ3) is 5.43. The van der Waals surface area contributed by atoms with Gasteiger partial charge in [0.2, 0.25) is 5.91 Å². The molecule has 0 aliphatic carbocycles. The van der Waals surface area contributed by atoms with Crippen molar-refractivity contribution >= 4 is 29.0 Å². The van der Waals surface area contributed by atoms with Gasteiger partial charge in [0.05, 0.1) is 5.75 Å². The standard InChI is InChI=1S/C20H24N4OS2/c1-3-11-24-19(17-12-15(2)26-13-17)22-23-20(24)27-14-18(25)21-10-9-16-7-5-4-6-8-16/h4-8,12-13H,3,9-11,14H2,1-2H3,(H,21,25). The Kier molecular flexibility index (Phi) is 7.06. The van der Waals surface area contributed by atoms with E-state index >= 15 is 0 Å². The summed E-state index contributed by atoms with van der Waals surface area (Å²) in [6, 6.07) is 12.3. The molecule has 0 radical (unpaired) electrons. The van der Waals surface area contributed by atoms with Crippen LogP contribution in [0, 0.1) is 6.92 Å². The summed E-state index contributed by atoms with van der Waals surface area (Å²) >= 11 is 3.15. The Morgan fingerprint density at radius 3 is 2.78 bits per heavy atom. The van der Waals surface area contributed by atoms with Crippen LogP contribution >= 0.6 is 23.1 Å². The van der Waals surface area contributed by atoms with Crippen molar-refractivity contribution < 1.29 is 4.79 Å². The molecule has 3 aromatic rings. The summed E-state index contributed by atoms with van der Waals surface area (Å²) < 4.78 is 2.11. The monoisotopic (exact) mass is 400 g/mol. The molecule has 1 N–H and O–H groups in total. The molecular formula is C20H24N4OS2. The maximum atomic E-state index is 12.2. The fraction of sp³-hybridized carbons (Fsp3) is 0.350. The van der Waals surface area contributed by atoms with Gasteiger partial charge in [0.1, 0.15) is 0 Å². The van der Waals surface area contributed by atoms with Crippen molar-refractivity contribution in [2.75, 3.05) is 12.3 Å². The van der Waals surface area contributed by atoms with E-state index in [9.17, 15) is 4.79 Å². The van der Waals surface area contributed by atoms with Crippen molar-refractivity contribution in [1.82, 2.24) is 20.1 Å². The molecule has 5 nitrogen and oxygen atoms in total. The van der Waals surface area contributed by atoms with Crippen LogP contribution in [0.4, 0.5) is 0 Å². The van der Waals surface area contributed by atoms with E-state index in [0.29, 0.717) is 12.3 Å². The van der Waals surface area contributed by atoms with Crippen LogP contribution in [0.2, 0.25) is 0 Å². The fourth-order valence-electron chi connectivity index (χ4n) is 2.77. The smallest absolute Gasteiger partial charge is 0.230 e. The lowest BCUT2D eigenvalue weighted by molar-refractivity contribution is -0.118. The normalized spacial score (nSPS) is 10.9. The summed E-state index contributed by atoms with van der Waals surface area (Å²) in [7, 11) is 0. The second-order valence-corrected chi connectivity index (χ2v) is 8.34. The van der Waals surface area contributed by atoms with Crippen LogP contribution in [0.15, 0.2) is 46.9 Å². The van der Waals surface area contributed by atoms with E-state index in [2.05, 4.69) is 57.5 Å². The summed E-state index contributed by atoms with van der Waals surface area (Å²) in [5, 5.41) is 14.6. The van der Waals surface area contributed by atoms with E-state index in [0.717, 1.165) is 35.9 Å². The van der Waals surface area contributed by atoms with Crippen LogP contribution in [0.3, 0.4) is 0 Å². The molecular weight excluding hydrogens is 376 g/mol. The Hall–Kier alpha value is -2.12. The predicted molar refractivity (Wildman–Crippen MR) is 112 cm³/mol. The number of aromatic nitrogens is 3. The van der Waals surface area contributed by atoms with Gasteiger partial charge in [-0.3, -0.25) is 4.79 Å². The third-order valence-electron chi connectivity index (χ3n) is 4.06. The zero-order valence-corrected chi connectivity index (χ0v) is 17.3. The molecule has 2 heterocycles. The lowest BCUT2D eigenvalue weighted by atomic mass is 10.1. The number of benzene rings is 1. The number of hydrogen-bond donors (Lipinski definition) is 1. The highest BCUT2D eigenvalue weighted by atomic mass is 32.2. The largest absolute Gasteiger partial charge is 0.355 e. The van der Waals surface area contributed by atoms with Crippen molar-refractivity contribution in [2.45, 2.75) is 38.4 Å². The number of carbonyl (C=O) groups is 1. The number of nitrogens with one attached hydrogen (secondary N) is 1. The summed E-state index contributed by atoms with van der Waals surface area (Å²) in [6.45, 7) is 5.71.